The van der Waals surface area contributed by atoms with Gasteiger partial charge in [-0.15, -0.1) is 6.54 Å². The average Bonchev–Trinajstić information content (AvgIpc) is 2.33. The zero-order valence-electron chi connectivity index (χ0n) is 11.0. The number of nitrogens with zero attached hydrogens (tertiary/aromatic N) is 2. The maximum atomic E-state index is 11.7. The van der Waals surface area contributed by atoms with E-state index >= 15 is 0 Å². The predicted octanol–water partition coefficient (Wildman–Crippen LogP) is -0.258. The Morgan fingerprint density at radius 1 is 1.53 bits per heavy atom. The summed E-state index contributed by atoms with van der Waals surface area (Å²) in [6.45, 7) is 3.39. The molecule has 1 rings (SSSR count). The molecular formula is C11H18IrN3O4-. The Balaban J connectivity index is 0.00000324. The Hall–Kier alpha value is -0.791. The summed E-state index contributed by atoms with van der Waals surface area (Å²) in [5, 5.41) is 12.9. The van der Waals surface area contributed by atoms with Crippen LogP contribution in [-0.4, -0.2) is 41.0 Å². The topological polar surface area (TPSA) is 98.4 Å². The maximum absolute atomic E-state index is 11.7. The van der Waals surface area contributed by atoms with Crippen molar-refractivity contribution in [1.29, 1.82) is 0 Å². The van der Waals surface area contributed by atoms with E-state index < -0.39 is 23.6 Å². The third-order valence-corrected chi connectivity index (χ3v) is 2.44. The second-order valence-corrected chi connectivity index (χ2v) is 4.06. The Labute approximate surface area is 124 Å². The van der Waals surface area contributed by atoms with E-state index in [9.17, 15) is 9.59 Å². The number of nitrogens with one attached hydrogen (secondary N) is 1. The zero-order chi connectivity index (χ0) is 13.7. The number of aliphatic hydroxyl groups excluding tert-OH is 1. The van der Waals surface area contributed by atoms with Gasteiger partial charge in [0.1, 0.15) is 6.23 Å². The molecule has 0 aliphatic rings. The second kappa shape index (κ2) is 8.39. The molecule has 0 spiro atoms. The summed E-state index contributed by atoms with van der Waals surface area (Å²) < 4.78 is 6.77. The number of aromatic nitrogens is 2. The predicted molar refractivity (Wildman–Crippen MR) is 66.9 cm³/mol. The van der Waals surface area contributed by atoms with Gasteiger partial charge in [-0.3, -0.25) is 14.3 Å². The first kappa shape index (κ1) is 18.2. The Morgan fingerprint density at radius 2 is 2.16 bits per heavy atom. The molecule has 1 aromatic rings. The summed E-state index contributed by atoms with van der Waals surface area (Å²) >= 11 is 0. The van der Waals surface area contributed by atoms with Gasteiger partial charge in [-0.1, -0.05) is 0 Å². The van der Waals surface area contributed by atoms with Crippen molar-refractivity contribution in [2.45, 2.75) is 26.2 Å². The van der Waals surface area contributed by atoms with Gasteiger partial charge in [0.25, 0.3) is 5.56 Å². The van der Waals surface area contributed by atoms with Gasteiger partial charge in [0.2, 0.25) is 0 Å². The number of H-pyrrole nitrogens is 1. The molecule has 2 atom stereocenters. The standard InChI is InChI=1S/C11H18N3O4.Ir/c1-7-5-14(11(17)13-10(7)16)9(4-12-3)18-8(2)6-15;/h5,8-9,15H,4,6H2,1-3H3,(H,13,16,17);/q-1;. The van der Waals surface area contributed by atoms with E-state index in [1.54, 1.807) is 20.9 Å². The van der Waals surface area contributed by atoms with Gasteiger partial charge >= 0.3 is 5.69 Å². The monoisotopic (exact) mass is 449 g/mol. The Kier molecular flexibility index (Phi) is 8.04. The average molecular weight is 448 g/mol. The van der Waals surface area contributed by atoms with Crippen molar-refractivity contribution in [2.24, 2.45) is 0 Å². The van der Waals surface area contributed by atoms with Crippen molar-refractivity contribution in [3.05, 3.63) is 37.9 Å². The quantitative estimate of drug-likeness (QED) is 0.627. The molecule has 1 aromatic heterocycles. The number of hydrogen-bond donors (Lipinski definition) is 2. The molecule has 0 aliphatic heterocycles. The van der Waals surface area contributed by atoms with Crippen molar-refractivity contribution >= 4 is 0 Å². The van der Waals surface area contributed by atoms with Crippen molar-refractivity contribution in [3.8, 4) is 0 Å². The van der Waals surface area contributed by atoms with Crippen LogP contribution in [-0.2, 0) is 24.8 Å². The van der Waals surface area contributed by atoms with Gasteiger partial charge in [-0.25, -0.2) is 4.79 Å². The maximum Gasteiger partial charge on any atom is 0.330 e. The minimum absolute atomic E-state index is 0. The molecule has 7 nitrogen and oxygen atoms in total. The summed E-state index contributed by atoms with van der Waals surface area (Å²) in [6.07, 6.45) is 0.372. The fourth-order valence-electron chi connectivity index (χ4n) is 1.46. The molecule has 8 heteroatoms. The molecular weight excluding hydrogens is 430 g/mol. The van der Waals surface area contributed by atoms with E-state index in [0.29, 0.717) is 5.56 Å². The van der Waals surface area contributed by atoms with Crippen LogP contribution in [0.15, 0.2) is 15.8 Å². The summed E-state index contributed by atoms with van der Waals surface area (Å²) in [6, 6.07) is 0. The van der Waals surface area contributed by atoms with Crippen LogP contribution in [0.5, 0.6) is 0 Å². The number of hydrogen-bond acceptors (Lipinski definition) is 4. The van der Waals surface area contributed by atoms with Gasteiger partial charge in [0.15, 0.2) is 0 Å². The second-order valence-electron chi connectivity index (χ2n) is 4.06. The zero-order valence-corrected chi connectivity index (χ0v) is 13.4. The summed E-state index contributed by atoms with van der Waals surface area (Å²) in [5.74, 6) is 0. The van der Waals surface area contributed by atoms with Gasteiger partial charge < -0.3 is 15.2 Å². The van der Waals surface area contributed by atoms with Crippen molar-refractivity contribution < 1.29 is 29.9 Å². The third kappa shape index (κ3) is 5.00. The van der Waals surface area contributed by atoms with Crippen LogP contribution in [0.1, 0.15) is 18.7 Å². The largest absolute Gasteiger partial charge is 0.661 e. The number of rotatable bonds is 6. The van der Waals surface area contributed by atoms with E-state index in [1.807, 2.05) is 0 Å². The third-order valence-electron chi connectivity index (χ3n) is 2.44. The van der Waals surface area contributed by atoms with Gasteiger partial charge in [-0.05, 0) is 13.8 Å². The molecule has 19 heavy (non-hydrogen) atoms. The minimum atomic E-state index is -0.639. The van der Waals surface area contributed by atoms with Crippen LogP contribution in [0.3, 0.4) is 0 Å². The SMILES string of the molecule is C[N-]CC(OC(C)CO)n1cc(C)c(=O)[nH]c1=O.[Ir]. The van der Waals surface area contributed by atoms with Crippen LogP contribution in [0.25, 0.3) is 5.32 Å². The Morgan fingerprint density at radius 3 is 2.68 bits per heavy atom. The molecule has 0 amide bonds. The molecule has 0 fully saturated rings. The first-order valence-electron chi connectivity index (χ1n) is 5.63. The molecule has 0 aliphatic carbocycles. The molecule has 1 heterocycles. The molecule has 2 N–H and O–H groups in total. The Bertz CT molecular complexity index is 499. The summed E-state index contributed by atoms with van der Waals surface area (Å²) in [4.78, 5) is 25.2. The van der Waals surface area contributed by atoms with Crippen LogP contribution in [0, 0.1) is 6.92 Å². The smallest absolute Gasteiger partial charge is 0.330 e. The number of aliphatic hydroxyl groups is 1. The number of aryl methyl sites for hydroxylation is 1. The molecule has 2 unspecified atom stereocenters. The van der Waals surface area contributed by atoms with Crippen LogP contribution in [0.4, 0.5) is 0 Å². The first-order valence-corrected chi connectivity index (χ1v) is 5.63. The van der Waals surface area contributed by atoms with Crippen LogP contribution >= 0.6 is 0 Å². The summed E-state index contributed by atoms with van der Waals surface area (Å²) in [7, 11) is 1.60. The van der Waals surface area contributed by atoms with Crippen molar-refractivity contribution in [3.63, 3.8) is 0 Å². The van der Waals surface area contributed by atoms with Crippen molar-refractivity contribution in [1.82, 2.24) is 9.55 Å². The van der Waals surface area contributed by atoms with E-state index in [1.165, 1.54) is 10.8 Å². The summed E-state index contributed by atoms with van der Waals surface area (Å²) in [5.41, 5.74) is -0.556. The molecule has 1 radical (unpaired) electrons. The van der Waals surface area contributed by atoms with Gasteiger partial charge in [0.05, 0.1) is 12.7 Å². The number of ether oxygens (including phenoxy) is 1. The van der Waals surface area contributed by atoms with E-state index in [0.717, 1.165) is 0 Å². The van der Waals surface area contributed by atoms with E-state index in [4.69, 9.17) is 9.84 Å². The molecule has 0 saturated carbocycles. The van der Waals surface area contributed by atoms with Gasteiger partial charge in [-0.2, -0.15) is 7.05 Å². The number of likely N-dealkylation sites (N-methyl/N-ethyl adjacent to an activating group) is 1. The van der Waals surface area contributed by atoms with E-state index in [-0.39, 0.29) is 33.3 Å². The fraction of sp³-hybridized carbons (Fsp3) is 0.636. The molecule has 0 saturated heterocycles. The minimum Gasteiger partial charge on any atom is -0.661 e. The van der Waals surface area contributed by atoms with Crippen molar-refractivity contribution in [2.75, 3.05) is 20.2 Å². The van der Waals surface area contributed by atoms with Crippen LogP contribution in [0.2, 0.25) is 0 Å². The van der Waals surface area contributed by atoms with E-state index in [2.05, 4.69) is 10.3 Å². The normalized spacial score (nSPS) is 13.7. The molecule has 0 bridgehead atoms. The molecule has 111 valence electrons. The van der Waals surface area contributed by atoms with Crippen LogP contribution < -0.4 is 11.2 Å². The first-order chi connectivity index (χ1) is 8.49. The fourth-order valence-corrected chi connectivity index (χ4v) is 1.46. The molecule has 0 aromatic carbocycles. The number of aromatic amines is 1. The van der Waals surface area contributed by atoms with Gasteiger partial charge in [0, 0.05) is 31.9 Å².